The number of carbonyl (C=O) groups is 1. The number of halogens is 1. The van der Waals surface area contributed by atoms with Crippen LogP contribution in [0.4, 0.5) is 5.69 Å². The van der Waals surface area contributed by atoms with Crippen LogP contribution in [0.15, 0.2) is 54.6 Å². The third-order valence-electron chi connectivity index (χ3n) is 4.57. The Balaban J connectivity index is 1.74. The third kappa shape index (κ3) is 4.09. The summed E-state index contributed by atoms with van der Waals surface area (Å²) in [5.74, 6) is 0.171. The molecular formula is C20H23ClN2O. The van der Waals surface area contributed by atoms with Crippen LogP contribution in [-0.4, -0.2) is 35.3 Å². The fourth-order valence-corrected chi connectivity index (χ4v) is 3.34. The minimum absolute atomic E-state index is 0.0604. The maximum Gasteiger partial charge on any atom is 0.219 e. The van der Waals surface area contributed by atoms with Gasteiger partial charge < -0.3 is 10.2 Å². The van der Waals surface area contributed by atoms with E-state index in [9.17, 15) is 4.79 Å². The molecule has 0 spiro atoms. The third-order valence-corrected chi connectivity index (χ3v) is 4.86. The van der Waals surface area contributed by atoms with Crippen LogP contribution in [0.3, 0.4) is 0 Å². The first-order valence-corrected chi connectivity index (χ1v) is 8.89. The van der Waals surface area contributed by atoms with Gasteiger partial charge >= 0.3 is 0 Å². The Kier molecular flexibility index (Phi) is 5.41. The van der Waals surface area contributed by atoms with Crippen molar-refractivity contribution in [2.24, 2.45) is 0 Å². The van der Waals surface area contributed by atoms with Gasteiger partial charge in [-0.25, -0.2) is 0 Å². The number of alkyl halides is 1. The van der Waals surface area contributed by atoms with Gasteiger partial charge in [0.15, 0.2) is 0 Å². The molecule has 24 heavy (non-hydrogen) atoms. The minimum atomic E-state index is -0.0604. The number of carbonyl (C=O) groups excluding carboxylic acids is 1. The zero-order valence-corrected chi connectivity index (χ0v) is 14.7. The normalized spacial score (nSPS) is 21.3. The van der Waals surface area contributed by atoms with Gasteiger partial charge in [-0.15, -0.1) is 11.6 Å². The van der Waals surface area contributed by atoms with Crippen molar-refractivity contribution in [2.75, 3.05) is 18.4 Å². The molecule has 1 atom stereocenters. The molecule has 0 radical (unpaired) electrons. The van der Waals surface area contributed by atoms with Gasteiger partial charge in [-0.1, -0.05) is 48.6 Å². The van der Waals surface area contributed by atoms with E-state index >= 15 is 0 Å². The Labute approximate surface area is 148 Å². The summed E-state index contributed by atoms with van der Waals surface area (Å²) in [6.07, 6.45) is 12.1. The molecule has 0 bridgehead atoms. The number of piperidine rings is 1. The van der Waals surface area contributed by atoms with Crippen LogP contribution in [0.2, 0.25) is 0 Å². The first kappa shape index (κ1) is 16.8. The van der Waals surface area contributed by atoms with Gasteiger partial charge in [-0.05, 0) is 24.5 Å². The van der Waals surface area contributed by atoms with Crippen molar-refractivity contribution >= 4 is 28.8 Å². The number of nitrogens with zero attached hydrogens (tertiary/aromatic N) is 1. The van der Waals surface area contributed by atoms with Crippen molar-refractivity contribution in [3.63, 3.8) is 0 Å². The van der Waals surface area contributed by atoms with Crippen LogP contribution in [0.25, 0.3) is 5.57 Å². The van der Waals surface area contributed by atoms with Gasteiger partial charge in [0.2, 0.25) is 5.91 Å². The molecule has 1 aliphatic heterocycles. The maximum absolute atomic E-state index is 11.5. The molecular weight excluding hydrogens is 320 g/mol. The number of hydrogen-bond acceptors (Lipinski definition) is 2. The molecule has 126 valence electrons. The SMILES string of the molecule is CC(=O)N1CCC(Nc2ccccc2C2=CC=CC(Cl)C=C2)CC1. The predicted molar refractivity (Wildman–Crippen MR) is 101 cm³/mol. The van der Waals surface area contributed by atoms with Gasteiger partial charge in [0, 0.05) is 37.3 Å². The van der Waals surface area contributed by atoms with Crippen LogP contribution in [0.5, 0.6) is 0 Å². The Morgan fingerprint density at radius 1 is 1.21 bits per heavy atom. The summed E-state index contributed by atoms with van der Waals surface area (Å²) < 4.78 is 0. The van der Waals surface area contributed by atoms with E-state index in [1.807, 2.05) is 23.1 Å². The smallest absolute Gasteiger partial charge is 0.219 e. The summed E-state index contributed by atoms with van der Waals surface area (Å²) in [4.78, 5) is 13.4. The van der Waals surface area contributed by atoms with Crippen LogP contribution >= 0.6 is 11.6 Å². The number of hydrogen-bond donors (Lipinski definition) is 1. The van der Waals surface area contributed by atoms with Gasteiger partial charge in [0.25, 0.3) is 0 Å². The highest BCUT2D eigenvalue weighted by molar-refractivity contribution is 6.23. The zero-order valence-electron chi connectivity index (χ0n) is 13.9. The van der Waals surface area contributed by atoms with E-state index in [-0.39, 0.29) is 11.3 Å². The number of likely N-dealkylation sites (tertiary alicyclic amines) is 1. The lowest BCUT2D eigenvalue weighted by Gasteiger charge is -2.32. The van der Waals surface area contributed by atoms with Crippen molar-refractivity contribution in [3.05, 3.63) is 60.2 Å². The van der Waals surface area contributed by atoms with Crippen molar-refractivity contribution in [1.29, 1.82) is 0 Å². The van der Waals surface area contributed by atoms with Crippen molar-refractivity contribution in [2.45, 2.75) is 31.2 Å². The Bertz CT molecular complexity index is 685. The van der Waals surface area contributed by atoms with Gasteiger partial charge in [-0.3, -0.25) is 4.79 Å². The molecule has 1 aromatic rings. The van der Waals surface area contributed by atoms with Crippen LogP contribution in [-0.2, 0) is 4.79 Å². The molecule has 2 aliphatic rings. The molecule has 1 saturated heterocycles. The van der Waals surface area contributed by atoms with E-state index in [1.54, 1.807) is 6.92 Å². The summed E-state index contributed by atoms with van der Waals surface area (Å²) in [7, 11) is 0. The summed E-state index contributed by atoms with van der Waals surface area (Å²) >= 11 is 6.15. The molecule has 1 heterocycles. The Hall–Kier alpha value is -2.00. The largest absolute Gasteiger partial charge is 0.382 e. The van der Waals surface area contributed by atoms with E-state index < -0.39 is 0 Å². The summed E-state index contributed by atoms with van der Waals surface area (Å²) in [6.45, 7) is 3.30. The number of amides is 1. The highest BCUT2D eigenvalue weighted by Gasteiger charge is 2.21. The number of allylic oxidation sites excluding steroid dienone is 6. The summed E-state index contributed by atoms with van der Waals surface area (Å²) in [5.41, 5.74) is 3.47. The Morgan fingerprint density at radius 3 is 2.71 bits per heavy atom. The molecule has 0 aromatic heterocycles. The van der Waals surface area contributed by atoms with Gasteiger partial charge in [0.1, 0.15) is 0 Å². The van der Waals surface area contributed by atoms with Gasteiger partial charge in [0.05, 0.1) is 5.38 Å². The average molecular weight is 343 g/mol. The molecule has 1 aliphatic carbocycles. The molecule has 1 N–H and O–H groups in total. The first-order chi connectivity index (χ1) is 11.6. The maximum atomic E-state index is 11.5. The topological polar surface area (TPSA) is 32.3 Å². The molecule has 3 rings (SSSR count). The van der Waals surface area contributed by atoms with Crippen LogP contribution < -0.4 is 5.32 Å². The molecule has 1 unspecified atom stereocenters. The van der Waals surface area contributed by atoms with Crippen molar-refractivity contribution < 1.29 is 4.79 Å². The highest BCUT2D eigenvalue weighted by Crippen LogP contribution is 2.28. The van der Waals surface area contributed by atoms with E-state index in [2.05, 4.69) is 41.7 Å². The number of nitrogens with one attached hydrogen (secondary N) is 1. The predicted octanol–water partition coefficient (Wildman–Crippen LogP) is 4.23. The summed E-state index contributed by atoms with van der Waals surface area (Å²) in [6, 6.07) is 8.76. The quantitative estimate of drug-likeness (QED) is 0.834. The number of anilines is 1. The second-order valence-electron chi connectivity index (χ2n) is 6.28. The zero-order chi connectivity index (χ0) is 16.9. The average Bonchev–Trinajstić information content (AvgIpc) is 2.80. The molecule has 1 fully saturated rings. The van der Waals surface area contributed by atoms with E-state index in [4.69, 9.17) is 11.6 Å². The molecule has 3 nitrogen and oxygen atoms in total. The van der Waals surface area contributed by atoms with Gasteiger partial charge in [-0.2, -0.15) is 0 Å². The van der Waals surface area contributed by atoms with E-state index in [0.29, 0.717) is 6.04 Å². The molecule has 1 aromatic carbocycles. The lowest BCUT2D eigenvalue weighted by atomic mass is 10.00. The number of para-hydroxylation sites is 1. The molecule has 1 amide bonds. The minimum Gasteiger partial charge on any atom is -0.382 e. The van der Waals surface area contributed by atoms with E-state index in [1.165, 1.54) is 5.56 Å². The standard InChI is InChI=1S/C20H23ClN2O/c1-15(24)23-13-11-18(12-14-23)22-20-8-3-2-7-19(20)16-5-4-6-17(21)10-9-16/h2-10,17-18,22H,11-14H2,1H3. The van der Waals surface area contributed by atoms with Crippen LogP contribution in [0.1, 0.15) is 25.3 Å². The second-order valence-corrected chi connectivity index (χ2v) is 6.78. The first-order valence-electron chi connectivity index (χ1n) is 8.45. The lowest BCUT2D eigenvalue weighted by Crippen LogP contribution is -2.41. The molecule has 4 heteroatoms. The molecule has 0 saturated carbocycles. The van der Waals surface area contributed by atoms with Crippen molar-refractivity contribution in [3.8, 4) is 0 Å². The summed E-state index contributed by atoms with van der Waals surface area (Å²) in [5, 5.41) is 3.61. The van der Waals surface area contributed by atoms with E-state index in [0.717, 1.165) is 37.2 Å². The monoisotopic (exact) mass is 342 g/mol. The van der Waals surface area contributed by atoms with Crippen LogP contribution in [0, 0.1) is 0 Å². The van der Waals surface area contributed by atoms with Crippen molar-refractivity contribution in [1.82, 2.24) is 4.90 Å². The number of rotatable bonds is 3. The lowest BCUT2D eigenvalue weighted by molar-refractivity contribution is -0.129. The fraction of sp³-hybridized carbons (Fsp3) is 0.350. The fourth-order valence-electron chi connectivity index (χ4n) is 3.18. The Morgan fingerprint density at radius 2 is 1.96 bits per heavy atom. The second kappa shape index (κ2) is 7.71. The number of benzene rings is 1. The highest BCUT2D eigenvalue weighted by atomic mass is 35.5.